The van der Waals surface area contributed by atoms with Crippen LogP contribution in [0.25, 0.3) is 0 Å². The highest BCUT2D eigenvalue weighted by Gasteiger charge is 2.35. The molecule has 1 amide bonds. The lowest BCUT2D eigenvalue weighted by molar-refractivity contribution is -0.130. The van der Waals surface area contributed by atoms with Gasteiger partial charge in [-0.2, -0.15) is 0 Å². The maximum atomic E-state index is 11.9. The van der Waals surface area contributed by atoms with Gasteiger partial charge in [0.25, 0.3) is 0 Å². The molecule has 0 aliphatic carbocycles. The third kappa shape index (κ3) is 5.19. The summed E-state index contributed by atoms with van der Waals surface area (Å²) in [6.45, 7) is 17.7. The van der Waals surface area contributed by atoms with Gasteiger partial charge in [-0.25, -0.2) is 0 Å². The number of carbonyl (C=O) groups is 1. The molecule has 3 aliphatic rings. The number of piperazine rings is 1. The molecule has 1 N–H and O–H groups in total. The highest BCUT2D eigenvalue weighted by molar-refractivity contribution is 5.74. The number of allylic oxidation sites excluding steroid dienone is 2. The number of aryl methyl sites for hydroxylation is 1. The van der Waals surface area contributed by atoms with Gasteiger partial charge in [0.05, 0.1) is 5.69 Å². The number of rotatable bonds is 4. The molecular formula is C28H42N4O. The van der Waals surface area contributed by atoms with E-state index in [0.717, 1.165) is 58.5 Å². The molecule has 3 heterocycles. The summed E-state index contributed by atoms with van der Waals surface area (Å²) in [6.07, 6.45) is 5.71. The largest absolute Gasteiger partial charge is 0.354 e. The average Bonchev–Trinajstić information content (AvgIpc) is 2.85. The fourth-order valence-electron chi connectivity index (χ4n) is 5.03. The van der Waals surface area contributed by atoms with Crippen molar-refractivity contribution < 1.29 is 4.79 Å². The summed E-state index contributed by atoms with van der Waals surface area (Å²) in [7, 11) is 0. The summed E-state index contributed by atoms with van der Waals surface area (Å²) < 4.78 is 0. The normalized spacial score (nSPS) is 20.1. The van der Waals surface area contributed by atoms with E-state index in [9.17, 15) is 4.79 Å². The summed E-state index contributed by atoms with van der Waals surface area (Å²) >= 11 is 0. The number of carbonyl (C=O) groups excluding carboxylic acids is 1. The highest BCUT2D eigenvalue weighted by Crippen LogP contribution is 2.42. The minimum absolute atomic E-state index is 0.177. The standard InChI is InChI=1S/C26H36N4O.C2H6/c1-5-6-10-25-20(3)22-12-13-27-18-23(22)26(29-16-14-28(15-17-29)21(4)31)30(25)24-11-8-7-9-19(24)2;1-2/h7-11,27H,5-6,12-18H2,1-4H3;1-2H3/b25-10+;. The Morgan fingerprint density at radius 1 is 1.06 bits per heavy atom. The second-order valence-electron chi connectivity index (χ2n) is 8.83. The van der Waals surface area contributed by atoms with Crippen LogP contribution in [0.5, 0.6) is 0 Å². The molecule has 4 rings (SSSR count). The van der Waals surface area contributed by atoms with Crippen LogP contribution in [0.4, 0.5) is 5.69 Å². The number of hydrogen-bond acceptors (Lipinski definition) is 4. The van der Waals surface area contributed by atoms with E-state index in [4.69, 9.17) is 0 Å². The molecule has 0 unspecified atom stereocenters. The number of para-hydroxylation sites is 1. The Kier molecular flexibility index (Phi) is 8.79. The molecule has 0 atom stereocenters. The SMILES string of the molecule is CC.CCC/C=C1\C(C)=C2CCNCC2=C(N2CCN(C(C)=O)CC2)N1c1ccccc1C. The van der Waals surface area contributed by atoms with Crippen LogP contribution in [-0.4, -0.2) is 55.0 Å². The first-order valence-corrected chi connectivity index (χ1v) is 12.7. The third-order valence-corrected chi connectivity index (χ3v) is 6.78. The number of benzene rings is 1. The molecule has 0 bridgehead atoms. The maximum absolute atomic E-state index is 11.9. The van der Waals surface area contributed by atoms with Crippen LogP contribution in [0.15, 0.2) is 58.6 Å². The Labute approximate surface area is 200 Å². The van der Waals surface area contributed by atoms with Crippen LogP contribution in [0.3, 0.4) is 0 Å². The third-order valence-electron chi connectivity index (χ3n) is 6.78. The first-order valence-electron chi connectivity index (χ1n) is 12.7. The van der Waals surface area contributed by atoms with Crippen molar-refractivity contribution >= 4 is 11.6 Å². The molecular weight excluding hydrogens is 408 g/mol. The van der Waals surface area contributed by atoms with Gasteiger partial charge in [-0.1, -0.05) is 51.5 Å². The van der Waals surface area contributed by atoms with Crippen LogP contribution >= 0.6 is 0 Å². The van der Waals surface area contributed by atoms with Gasteiger partial charge in [-0.05, 0) is 56.0 Å². The molecule has 1 aromatic carbocycles. The van der Waals surface area contributed by atoms with Gasteiger partial charge < -0.3 is 15.1 Å². The van der Waals surface area contributed by atoms with Crippen molar-refractivity contribution in [3.8, 4) is 0 Å². The first-order chi connectivity index (χ1) is 16.0. The predicted octanol–water partition coefficient (Wildman–Crippen LogP) is 5.21. The van der Waals surface area contributed by atoms with Crippen LogP contribution in [0.1, 0.15) is 59.4 Å². The zero-order valence-corrected chi connectivity index (χ0v) is 21.5. The van der Waals surface area contributed by atoms with E-state index in [1.807, 2.05) is 18.7 Å². The monoisotopic (exact) mass is 450 g/mol. The minimum Gasteiger partial charge on any atom is -0.354 e. The molecule has 5 heteroatoms. The number of anilines is 1. The Morgan fingerprint density at radius 2 is 1.76 bits per heavy atom. The van der Waals surface area contributed by atoms with Crippen molar-refractivity contribution in [2.24, 2.45) is 0 Å². The summed E-state index contributed by atoms with van der Waals surface area (Å²) in [5, 5.41) is 3.62. The molecule has 0 radical (unpaired) electrons. The first kappa shape index (κ1) is 25.1. The number of nitrogens with one attached hydrogen (secondary N) is 1. The molecule has 180 valence electrons. The Morgan fingerprint density at radius 3 is 2.39 bits per heavy atom. The second kappa shape index (κ2) is 11.6. The van der Waals surface area contributed by atoms with Gasteiger partial charge in [0.15, 0.2) is 0 Å². The zero-order chi connectivity index (χ0) is 24.0. The van der Waals surface area contributed by atoms with Gasteiger partial charge >= 0.3 is 0 Å². The van der Waals surface area contributed by atoms with E-state index in [1.165, 1.54) is 39.5 Å². The van der Waals surface area contributed by atoms with Crippen LogP contribution in [-0.2, 0) is 4.79 Å². The smallest absolute Gasteiger partial charge is 0.219 e. The molecule has 33 heavy (non-hydrogen) atoms. The minimum atomic E-state index is 0.177. The van der Waals surface area contributed by atoms with Crippen molar-refractivity contribution in [2.45, 2.75) is 60.8 Å². The number of unbranched alkanes of at least 4 members (excludes halogenated alkanes) is 1. The number of amides is 1. The summed E-state index contributed by atoms with van der Waals surface area (Å²) in [5.74, 6) is 1.49. The molecule has 1 aromatic rings. The molecule has 0 saturated carbocycles. The number of piperidine rings is 1. The summed E-state index contributed by atoms with van der Waals surface area (Å²) in [5.41, 5.74) is 8.22. The quantitative estimate of drug-likeness (QED) is 0.683. The zero-order valence-electron chi connectivity index (χ0n) is 21.5. The number of nitrogens with zero attached hydrogens (tertiary/aromatic N) is 3. The Balaban J connectivity index is 0.00000149. The van der Waals surface area contributed by atoms with Crippen molar-refractivity contribution in [3.05, 3.63) is 64.1 Å². The lowest BCUT2D eigenvalue weighted by Crippen LogP contribution is -2.52. The van der Waals surface area contributed by atoms with E-state index >= 15 is 0 Å². The van der Waals surface area contributed by atoms with E-state index in [1.54, 1.807) is 6.92 Å². The Hall–Kier alpha value is -2.53. The predicted molar refractivity (Wildman–Crippen MR) is 139 cm³/mol. The van der Waals surface area contributed by atoms with Crippen molar-refractivity contribution in [3.63, 3.8) is 0 Å². The van der Waals surface area contributed by atoms with Gasteiger partial charge in [0, 0.05) is 50.9 Å². The van der Waals surface area contributed by atoms with E-state index in [-0.39, 0.29) is 5.91 Å². The van der Waals surface area contributed by atoms with Crippen LogP contribution in [0, 0.1) is 6.92 Å². The van der Waals surface area contributed by atoms with E-state index < -0.39 is 0 Å². The summed E-state index contributed by atoms with van der Waals surface area (Å²) in [6, 6.07) is 8.71. The molecule has 2 fully saturated rings. The fourth-order valence-corrected chi connectivity index (χ4v) is 5.03. The van der Waals surface area contributed by atoms with E-state index in [0.29, 0.717) is 0 Å². The van der Waals surface area contributed by atoms with Gasteiger partial charge in [-0.3, -0.25) is 9.69 Å². The van der Waals surface area contributed by atoms with Crippen LogP contribution in [0.2, 0.25) is 0 Å². The van der Waals surface area contributed by atoms with E-state index in [2.05, 4.69) is 66.2 Å². The number of hydrogen-bond donors (Lipinski definition) is 1. The molecule has 5 nitrogen and oxygen atoms in total. The highest BCUT2D eigenvalue weighted by atomic mass is 16.2. The van der Waals surface area contributed by atoms with Crippen molar-refractivity contribution in [2.75, 3.05) is 44.2 Å². The van der Waals surface area contributed by atoms with Crippen molar-refractivity contribution in [1.29, 1.82) is 0 Å². The van der Waals surface area contributed by atoms with Crippen molar-refractivity contribution in [1.82, 2.24) is 15.1 Å². The lowest BCUT2D eigenvalue weighted by Gasteiger charge is -2.47. The molecule has 2 saturated heterocycles. The summed E-state index contributed by atoms with van der Waals surface area (Å²) in [4.78, 5) is 18.9. The molecule has 3 aliphatic heterocycles. The van der Waals surface area contributed by atoms with Gasteiger partial charge in [0.1, 0.15) is 5.82 Å². The van der Waals surface area contributed by atoms with Crippen LogP contribution < -0.4 is 10.2 Å². The maximum Gasteiger partial charge on any atom is 0.219 e. The molecule has 0 aromatic heterocycles. The van der Waals surface area contributed by atoms with Gasteiger partial charge in [-0.15, -0.1) is 0 Å². The topological polar surface area (TPSA) is 38.8 Å². The average molecular weight is 451 g/mol. The number of fused-ring (bicyclic) bond motifs is 1. The Bertz CT molecular complexity index is 935. The molecule has 0 spiro atoms. The van der Waals surface area contributed by atoms with Gasteiger partial charge in [0.2, 0.25) is 5.91 Å². The fraction of sp³-hybridized carbons (Fsp3) is 0.536. The second-order valence-corrected chi connectivity index (χ2v) is 8.83. The lowest BCUT2D eigenvalue weighted by atomic mass is 9.87.